The van der Waals surface area contributed by atoms with Gasteiger partial charge in [0.1, 0.15) is 0 Å². The van der Waals surface area contributed by atoms with E-state index in [4.69, 9.17) is 0 Å². The minimum absolute atomic E-state index is 0.206. The first-order valence-corrected chi connectivity index (χ1v) is 9.18. The van der Waals surface area contributed by atoms with Crippen molar-refractivity contribution < 1.29 is 4.79 Å². The van der Waals surface area contributed by atoms with Crippen LogP contribution in [0, 0.1) is 0 Å². The third-order valence-corrected chi connectivity index (χ3v) is 4.03. The molecule has 0 atom stereocenters. The lowest BCUT2D eigenvalue weighted by molar-refractivity contribution is 0.0946. The highest BCUT2D eigenvalue weighted by atomic mass is 16.1. The van der Waals surface area contributed by atoms with Crippen LogP contribution >= 0.6 is 0 Å². The standard InChI is InChI=1S/C20H28N4O/c1-2-3-4-5-6-10-13-22-19-18(21-14-15-23-19)20(25)24-16-17-11-8-7-9-12-17/h7-9,11-12,14-15H,2-6,10,13,16H2,1H3,(H,22,23)(H,24,25). The second-order valence-corrected chi connectivity index (χ2v) is 6.12. The van der Waals surface area contributed by atoms with Gasteiger partial charge in [-0.25, -0.2) is 9.97 Å². The molecule has 5 heteroatoms. The van der Waals surface area contributed by atoms with Gasteiger partial charge in [-0.1, -0.05) is 69.4 Å². The predicted molar refractivity (Wildman–Crippen MR) is 102 cm³/mol. The maximum Gasteiger partial charge on any atom is 0.273 e. The van der Waals surface area contributed by atoms with Crippen molar-refractivity contribution in [1.82, 2.24) is 15.3 Å². The molecule has 25 heavy (non-hydrogen) atoms. The second kappa shape index (κ2) is 11.2. The lowest BCUT2D eigenvalue weighted by Crippen LogP contribution is -2.25. The zero-order chi connectivity index (χ0) is 17.7. The van der Waals surface area contributed by atoms with Crippen molar-refractivity contribution >= 4 is 11.7 Å². The topological polar surface area (TPSA) is 66.9 Å². The summed E-state index contributed by atoms with van der Waals surface area (Å²) in [6, 6.07) is 9.83. The highest BCUT2D eigenvalue weighted by Gasteiger charge is 2.13. The fourth-order valence-electron chi connectivity index (χ4n) is 2.61. The van der Waals surface area contributed by atoms with Gasteiger partial charge in [0.25, 0.3) is 5.91 Å². The Balaban J connectivity index is 1.79. The maximum atomic E-state index is 12.4. The number of hydrogen-bond acceptors (Lipinski definition) is 4. The van der Waals surface area contributed by atoms with Crippen LogP contribution in [0.3, 0.4) is 0 Å². The van der Waals surface area contributed by atoms with Crippen LogP contribution in [0.25, 0.3) is 0 Å². The molecule has 5 nitrogen and oxygen atoms in total. The Morgan fingerprint density at radius 3 is 2.48 bits per heavy atom. The summed E-state index contributed by atoms with van der Waals surface area (Å²) >= 11 is 0. The van der Waals surface area contributed by atoms with Crippen molar-refractivity contribution in [2.24, 2.45) is 0 Å². The number of amides is 1. The quantitative estimate of drug-likeness (QED) is 0.602. The monoisotopic (exact) mass is 340 g/mol. The van der Waals surface area contributed by atoms with Gasteiger partial charge in [0.2, 0.25) is 0 Å². The Morgan fingerprint density at radius 2 is 1.68 bits per heavy atom. The van der Waals surface area contributed by atoms with Crippen LogP contribution in [0.5, 0.6) is 0 Å². The molecule has 1 heterocycles. The van der Waals surface area contributed by atoms with Crippen molar-refractivity contribution in [2.75, 3.05) is 11.9 Å². The molecule has 2 N–H and O–H groups in total. The first-order chi connectivity index (χ1) is 12.3. The number of anilines is 1. The summed E-state index contributed by atoms with van der Waals surface area (Å²) in [5, 5.41) is 6.15. The van der Waals surface area contributed by atoms with Crippen LogP contribution in [0.1, 0.15) is 61.5 Å². The minimum Gasteiger partial charge on any atom is -0.368 e. The number of aromatic nitrogens is 2. The molecule has 0 saturated carbocycles. The van der Waals surface area contributed by atoms with Gasteiger partial charge in [0, 0.05) is 25.5 Å². The number of benzene rings is 1. The second-order valence-electron chi connectivity index (χ2n) is 6.12. The Labute approximate surface area is 150 Å². The van der Waals surface area contributed by atoms with Gasteiger partial charge in [-0.15, -0.1) is 0 Å². The average molecular weight is 340 g/mol. The number of hydrogen-bond donors (Lipinski definition) is 2. The summed E-state index contributed by atoms with van der Waals surface area (Å²) in [6.45, 7) is 3.51. The van der Waals surface area contributed by atoms with Crippen molar-refractivity contribution in [3.8, 4) is 0 Å². The summed E-state index contributed by atoms with van der Waals surface area (Å²) in [7, 11) is 0. The van der Waals surface area contributed by atoms with E-state index in [1.807, 2.05) is 30.3 Å². The molecule has 0 bridgehead atoms. The lowest BCUT2D eigenvalue weighted by atomic mass is 10.1. The van der Waals surface area contributed by atoms with E-state index in [0.717, 1.165) is 18.5 Å². The van der Waals surface area contributed by atoms with E-state index in [1.165, 1.54) is 32.1 Å². The molecular weight excluding hydrogens is 312 g/mol. The molecule has 1 aromatic heterocycles. The van der Waals surface area contributed by atoms with Gasteiger partial charge in [0.15, 0.2) is 11.5 Å². The molecule has 134 valence electrons. The molecule has 0 radical (unpaired) electrons. The number of rotatable bonds is 11. The largest absolute Gasteiger partial charge is 0.368 e. The van der Waals surface area contributed by atoms with Crippen LogP contribution in [0.15, 0.2) is 42.7 Å². The summed E-state index contributed by atoms with van der Waals surface area (Å²) in [4.78, 5) is 20.9. The van der Waals surface area contributed by atoms with Crippen molar-refractivity contribution in [3.63, 3.8) is 0 Å². The molecule has 2 aromatic rings. The molecule has 0 aliphatic heterocycles. The first kappa shape index (κ1) is 18.9. The van der Waals surface area contributed by atoms with E-state index in [1.54, 1.807) is 12.4 Å². The zero-order valence-corrected chi connectivity index (χ0v) is 15.0. The Morgan fingerprint density at radius 1 is 0.960 bits per heavy atom. The molecule has 1 amide bonds. The maximum absolute atomic E-state index is 12.4. The van der Waals surface area contributed by atoms with Gasteiger partial charge in [0.05, 0.1) is 0 Å². The molecule has 0 fully saturated rings. The predicted octanol–water partition coefficient (Wildman–Crippen LogP) is 4.18. The third kappa shape index (κ3) is 6.91. The lowest BCUT2D eigenvalue weighted by Gasteiger charge is -2.10. The van der Waals surface area contributed by atoms with Crippen LogP contribution in [0.4, 0.5) is 5.82 Å². The summed E-state index contributed by atoms with van der Waals surface area (Å²) in [5.74, 6) is 0.351. The summed E-state index contributed by atoms with van der Waals surface area (Å²) in [6.07, 6.45) is 10.6. The smallest absolute Gasteiger partial charge is 0.273 e. The molecule has 0 unspecified atom stereocenters. The Hall–Kier alpha value is -2.43. The van der Waals surface area contributed by atoms with Gasteiger partial charge in [-0.05, 0) is 12.0 Å². The van der Waals surface area contributed by atoms with Gasteiger partial charge in [-0.2, -0.15) is 0 Å². The van der Waals surface area contributed by atoms with Gasteiger partial charge < -0.3 is 10.6 Å². The fraction of sp³-hybridized carbons (Fsp3) is 0.450. The van der Waals surface area contributed by atoms with Crippen molar-refractivity contribution in [1.29, 1.82) is 0 Å². The highest BCUT2D eigenvalue weighted by Crippen LogP contribution is 2.10. The van der Waals surface area contributed by atoms with Crippen molar-refractivity contribution in [2.45, 2.75) is 52.0 Å². The SMILES string of the molecule is CCCCCCCCNc1nccnc1C(=O)NCc1ccccc1. The number of unbranched alkanes of at least 4 members (excludes halogenated alkanes) is 5. The summed E-state index contributed by atoms with van der Waals surface area (Å²) in [5.41, 5.74) is 1.41. The Kier molecular flexibility index (Phi) is 8.45. The number of nitrogens with zero attached hydrogens (tertiary/aromatic N) is 2. The number of carbonyl (C=O) groups excluding carboxylic acids is 1. The van der Waals surface area contributed by atoms with Gasteiger partial charge >= 0.3 is 0 Å². The zero-order valence-electron chi connectivity index (χ0n) is 15.0. The van der Waals surface area contributed by atoms with E-state index in [9.17, 15) is 4.79 Å². The van der Waals surface area contributed by atoms with Crippen molar-refractivity contribution in [3.05, 3.63) is 54.0 Å². The van der Waals surface area contributed by atoms with E-state index < -0.39 is 0 Å². The van der Waals surface area contributed by atoms with Crippen LogP contribution in [-0.4, -0.2) is 22.4 Å². The van der Waals surface area contributed by atoms with Crippen LogP contribution in [-0.2, 0) is 6.54 Å². The van der Waals surface area contributed by atoms with Gasteiger partial charge in [-0.3, -0.25) is 4.79 Å². The molecule has 0 aliphatic rings. The summed E-state index contributed by atoms with van der Waals surface area (Å²) < 4.78 is 0. The fourth-order valence-corrected chi connectivity index (χ4v) is 2.61. The molecule has 0 spiro atoms. The molecule has 2 rings (SSSR count). The highest BCUT2D eigenvalue weighted by molar-refractivity contribution is 5.96. The average Bonchev–Trinajstić information content (AvgIpc) is 2.66. The first-order valence-electron chi connectivity index (χ1n) is 9.18. The Bertz CT molecular complexity index is 631. The van der Waals surface area contributed by atoms with E-state index in [0.29, 0.717) is 18.1 Å². The minimum atomic E-state index is -0.206. The normalized spacial score (nSPS) is 10.4. The van der Waals surface area contributed by atoms with Crippen LogP contribution in [0.2, 0.25) is 0 Å². The molecule has 0 aliphatic carbocycles. The van der Waals surface area contributed by atoms with Crippen LogP contribution < -0.4 is 10.6 Å². The third-order valence-electron chi connectivity index (χ3n) is 4.03. The molecule has 1 aromatic carbocycles. The number of carbonyl (C=O) groups is 1. The van der Waals surface area contributed by atoms with E-state index >= 15 is 0 Å². The van der Waals surface area contributed by atoms with E-state index in [2.05, 4.69) is 27.5 Å². The molecule has 0 saturated heterocycles. The number of nitrogens with one attached hydrogen (secondary N) is 2. The van der Waals surface area contributed by atoms with E-state index in [-0.39, 0.29) is 5.91 Å². The molecular formula is C20H28N4O.